The Labute approximate surface area is 411 Å². The Bertz CT molecular complexity index is 1130. The molecule has 0 rings (SSSR count). The predicted octanol–water partition coefficient (Wildman–Crippen LogP) is 19.7. The monoisotopic (exact) mass is 923 g/mol. The summed E-state index contributed by atoms with van der Waals surface area (Å²) in [5.41, 5.74) is 0. The number of hydrogen-bond donors (Lipinski definition) is 0. The van der Waals surface area contributed by atoms with Crippen LogP contribution in [-0.2, 0) is 23.8 Å². The molecule has 5 heteroatoms. The van der Waals surface area contributed by atoms with E-state index in [2.05, 4.69) is 81.5 Å². The highest BCUT2D eigenvalue weighted by atomic mass is 16.6. The molecule has 0 saturated carbocycles. The third kappa shape index (κ3) is 54.2. The van der Waals surface area contributed by atoms with Gasteiger partial charge < -0.3 is 14.2 Å². The third-order valence-electron chi connectivity index (χ3n) is 12.5. The van der Waals surface area contributed by atoms with E-state index in [1.54, 1.807) is 0 Å². The number of allylic oxidation sites excluding steroid dienone is 10. The van der Waals surface area contributed by atoms with Crippen LogP contribution in [0.15, 0.2) is 60.8 Å². The average molecular weight is 924 g/mol. The standard InChI is InChI=1S/C61H110O5/c1-4-7-10-13-16-19-22-25-28-29-30-31-32-35-38-41-44-47-50-53-56-64-57-59(66-61(63)55-52-49-46-43-40-37-34-27-24-21-18-15-12-9-6-3)58-65-60(62)54-51-48-45-42-39-36-33-26-23-20-17-14-11-8-5-2/h8,11,17,20,25-28,33-34,59H,4-7,9-10,12-16,18-19,21-24,29-32,35-58H2,1-3H3/b11-8-,20-17-,28-25-,33-26-,34-27-. The number of hydrogen-bond acceptors (Lipinski definition) is 5. The van der Waals surface area contributed by atoms with E-state index in [0.29, 0.717) is 19.4 Å². The summed E-state index contributed by atoms with van der Waals surface area (Å²) in [6.45, 7) is 7.72. The zero-order valence-corrected chi connectivity index (χ0v) is 44.2. The van der Waals surface area contributed by atoms with Crippen LogP contribution in [0, 0.1) is 0 Å². The van der Waals surface area contributed by atoms with Crippen LogP contribution in [0.2, 0.25) is 0 Å². The van der Waals surface area contributed by atoms with Crippen LogP contribution >= 0.6 is 0 Å². The van der Waals surface area contributed by atoms with Crippen molar-refractivity contribution in [3.8, 4) is 0 Å². The molecule has 5 nitrogen and oxygen atoms in total. The highest BCUT2D eigenvalue weighted by Gasteiger charge is 2.17. The van der Waals surface area contributed by atoms with Gasteiger partial charge in [0.05, 0.1) is 6.61 Å². The second kappa shape index (κ2) is 56.9. The molecule has 0 spiro atoms. The summed E-state index contributed by atoms with van der Waals surface area (Å²) in [4.78, 5) is 25.5. The number of esters is 2. The quantitative estimate of drug-likeness (QED) is 0.0346. The largest absolute Gasteiger partial charge is 0.462 e. The first-order valence-electron chi connectivity index (χ1n) is 28.8. The maximum absolute atomic E-state index is 12.8. The number of rotatable bonds is 53. The molecule has 66 heavy (non-hydrogen) atoms. The minimum Gasteiger partial charge on any atom is -0.462 e. The van der Waals surface area contributed by atoms with Gasteiger partial charge >= 0.3 is 11.9 Å². The van der Waals surface area contributed by atoms with E-state index in [9.17, 15) is 9.59 Å². The number of carbonyl (C=O) groups is 2. The molecule has 0 aromatic rings. The van der Waals surface area contributed by atoms with Crippen molar-refractivity contribution in [3.63, 3.8) is 0 Å². The van der Waals surface area contributed by atoms with Crippen LogP contribution in [0.3, 0.4) is 0 Å². The average Bonchev–Trinajstić information content (AvgIpc) is 3.32. The summed E-state index contributed by atoms with van der Waals surface area (Å²) in [5.74, 6) is -0.417. The van der Waals surface area contributed by atoms with E-state index >= 15 is 0 Å². The minimum absolute atomic E-state index is 0.0733. The summed E-state index contributed by atoms with van der Waals surface area (Å²) in [5, 5.41) is 0. The zero-order valence-electron chi connectivity index (χ0n) is 44.2. The lowest BCUT2D eigenvalue weighted by Gasteiger charge is -2.18. The molecule has 0 aromatic heterocycles. The van der Waals surface area contributed by atoms with Gasteiger partial charge in [0.1, 0.15) is 6.61 Å². The van der Waals surface area contributed by atoms with Crippen LogP contribution in [0.25, 0.3) is 0 Å². The van der Waals surface area contributed by atoms with Crippen LogP contribution in [-0.4, -0.2) is 37.9 Å². The molecule has 0 heterocycles. The maximum Gasteiger partial charge on any atom is 0.306 e. The summed E-state index contributed by atoms with van der Waals surface area (Å²) >= 11 is 0. The molecule has 0 N–H and O–H groups in total. The maximum atomic E-state index is 12.8. The van der Waals surface area contributed by atoms with Gasteiger partial charge in [0.15, 0.2) is 6.10 Å². The first-order chi connectivity index (χ1) is 32.6. The van der Waals surface area contributed by atoms with Gasteiger partial charge in [-0.3, -0.25) is 9.59 Å². The van der Waals surface area contributed by atoms with Gasteiger partial charge in [-0.05, 0) is 103 Å². The van der Waals surface area contributed by atoms with E-state index in [1.165, 1.54) is 173 Å². The van der Waals surface area contributed by atoms with Gasteiger partial charge in [0, 0.05) is 19.4 Å². The Morgan fingerprint density at radius 1 is 0.348 bits per heavy atom. The SMILES string of the molecule is CC/C=C\C/C=C\C/C=C\CCCCCCCC(=O)OCC(COCCCCCCCCCCCC/C=C\CCCCCCCC)OC(=O)CCCCCCC/C=C\CCCCCCCC. The Morgan fingerprint density at radius 2 is 0.682 bits per heavy atom. The normalized spacial score (nSPS) is 12.6. The second-order valence-corrected chi connectivity index (χ2v) is 19.2. The Kier molecular flexibility index (Phi) is 54.9. The smallest absolute Gasteiger partial charge is 0.306 e. The van der Waals surface area contributed by atoms with E-state index in [1.807, 2.05) is 0 Å². The van der Waals surface area contributed by atoms with Crippen LogP contribution in [0.1, 0.15) is 290 Å². The second-order valence-electron chi connectivity index (χ2n) is 19.2. The number of ether oxygens (including phenoxy) is 3. The minimum atomic E-state index is -0.549. The fourth-order valence-corrected chi connectivity index (χ4v) is 8.22. The van der Waals surface area contributed by atoms with Crippen molar-refractivity contribution in [1.29, 1.82) is 0 Å². The molecule has 0 radical (unpaired) electrons. The predicted molar refractivity (Wildman–Crippen MR) is 288 cm³/mol. The van der Waals surface area contributed by atoms with E-state index in [-0.39, 0.29) is 25.2 Å². The van der Waals surface area contributed by atoms with Crippen molar-refractivity contribution in [2.75, 3.05) is 19.8 Å². The number of unbranched alkanes of at least 4 members (excludes halogenated alkanes) is 32. The summed E-state index contributed by atoms with van der Waals surface area (Å²) in [6.07, 6.45) is 72.4. The molecule has 0 amide bonds. The summed E-state index contributed by atoms with van der Waals surface area (Å²) < 4.78 is 17.5. The molecule has 0 aliphatic rings. The van der Waals surface area contributed by atoms with Crippen LogP contribution in [0.5, 0.6) is 0 Å². The molecule has 0 aromatic carbocycles. The molecule has 1 unspecified atom stereocenters. The van der Waals surface area contributed by atoms with Crippen molar-refractivity contribution in [2.45, 2.75) is 297 Å². The Morgan fingerprint density at radius 3 is 1.11 bits per heavy atom. The van der Waals surface area contributed by atoms with E-state index < -0.39 is 6.10 Å². The highest BCUT2D eigenvalue weighted by Crippen LogP contribution is 2.15. The van der Waals surface area contributed by atoms with Crippen molar-refractivity contribution >= 4 is 11.9 Å². The molecule has 0 aliphatic heterocycles. The first kappa shape index (κ1) is 63.6. The van der Waals surface area contributed by atoms with Crippen molar-refractivity contribution < 1.29 is 23.8 Å². The van der Waals surface area contributed by atoms with Gasteiger partial charge in [0.2, 0.25) is 0 Å². The van der Waals surface area contributed by atoms with Gasteiger partial charge in [-0.2, -0.15) is 0 Å². The van der Waals surface area contributed by atoms with Crippen molar-refractivity contribution in [2.24, 2.45) is 0 Å². The van der Waals surface area contributed by atoms with Gasteiger partial charge in [-0.25, -0.2) is 0 Å². The molecular weight excluding hydrogens is 813 g/mol. The fourth-order valence-electron chi connectivity index (χ4n) is 8.22. The fraction of sp³-hybridized carbons (Fsp3) is 0.803. The summed E-state index contributed by atoms with van der Waals surface area (Å²) in [6, 6.07) is 0. The number of carbonyl (C=O) groups excluding carboxylic acids is 2. The molecule has 384 valence electrons. The van der Waals surface area contributed by atoms with Crippen molar-refractivity contribution in [3.05, 3.63) is 60.8 Å². The van der Waals surface area contributed by atoms with Gasteiger partial charge in [-0.1, -0.05) is 236 Å². The molecule has 0 bridgehead atoms. The lowest BCUT2D eigenvalue weighted by Crippen LogP contribution is -2.30. The molecule has 1 atom stereocenters. The van der Waals surface area contributed by atoms with Crippen molar-refractivity contribution in [1.82, 2.24) is 0 Å². The van der Waals surface area contributed by atoms with Crippen LogP contribution in [0.4, 0.5) is 0 Å². The molecular formula is C61H110O5. The van der Waals surface area contributed by atoms with E-state index in [0.717, 1.165) is 83.5 Å². The zero-order chi connectivity index (χ0) is 47.7. The topological polar surface area (TPSA) is 61.8 Å². The lowest BCUT2D eigenvalue weighted by atomic mass is 10.1. The van der Waals surface area contributed by atoms with Gasteiger partial charge in [-0.15, -0.1) is 0 Å². The van der Waals surface area contributed by atoms with Crippen LogP contribution < -0.4 is 0 Å². The Hall–Kier alpha value is -2.40. The molecule has 0 fully saturated rings. The molecule has 0 saturated heterocycles. The highest BCUT2D eigenvalue weighted by molar-refractivity contribution is 5.70. The molecule has 0 aliphatic carbocycles. The first-order valence-corrected chi connectivity index (χ1v) is 28.8. The Balaban J connectivity index is 4.27. The van der Waals surface area contributed by atoms with E-state index in [4.69, 9.17) is 14.2 Å². The summed E-state index contributed by atoms with van der Waals surface area (Å²) in [7, 11) is 0. The van der Waals surface area contributed by atoms with Gasteiger partial charge in [0.25, 0.3) is 0 Å². The third-order valence-corrected chi connectivity index (χ3v) is 12.5. The lowest BCUT2D eigenvalue weighted by molar-refractivity contribution is -0.163.